The Bertz CT molecular complexity index is 1810. The maximum Gasteiger partial charge on any atom is 0.261 e. The fourth-order valence-corrected chi connectivity index (χ4v) is 14.2. The van der Waals surface area contributed by atoms with Crippen LogP contribution in [0.5, 0.6) is 5.88 Å². The molecule has 11 nitrogen and oxygen atoms in total. The number of nitrogen functional groups attached to an aromatic ring is 1. The molecule has 1 atom stereocenters. The Labute approximate surface area is 303 Å². The average molecular weight is 730 g/mol. The third kappa shape index (κ3) is 8.38. The van der Waals surface area contributed by atoms with Crippen molar-refractivity contribution in [3.8, 4) is 5.88 Å². The minimum Gasteiger partial charge on any atom is -0.480 e. The highest BCUT2D eigenvalue weighted by molar-refractivity contribution is 7.89. The molecule has 1 saturated carbocycles. The van der Waals surface area contributed by atoms with Crippen LogP contribution in [0.1, 0.15) is 59.3 Å². The molecule has 2 aliphatic rings. The average Bonchev–Trinajstić information content (AvgIpc) is 3.13. The summed E-state index contributed by atoms with van der Waals surface area (Å²) in [6.07, 6.45) is 7.91. The van der Waals surface area contributed by atoms with Crippen LogP contribution in [0.4, 0.5) is 23.1 Å². The molecular weight excluding hydrogens is 679 g/mol. The van der Waals surface area contributed by atoms with Crippen molar-refractivity contribution < 1.29 is 17.6 Å². The lowest BCUT2D eigenvalue weighted by Gasteiger charge is -2.46. The molecular formula is C38H51N7O4SSi. The van der Waals surface area contributed by atoms with E-state index in [1.54, 1.807) is 29.9 Å². The zero-order valence-corrected chi connectivity index (χ0v) is 31.9. The maximum atomic E-state index is 14.0. The van der Waals surface area contributed by atoms with Gasteiger partial charge in [-0.3, -0.25) is 0 Å². The number of nitrogens with zero attached hydrogens (tertiary/aromatic N) is 4. The van der Waals surface area contributed by atoms with Crippen LogP contribution in [0, 0.1) is 5.92 Å². The second-order valence-electron chi connectivity index (χ2n) is 14.7. The molecule has 3 heterocycles. The molecule has 4 N–H and O–H groups in total. The second-order valence-corrected chi connectivity index (χ2v) is 21.0. The normalized spacial score (nSPS) is 20.4. The van der Waals surface area contributed by atoms with Gasteiger partial charge in [-0.1, -0.05) is 81.4 Å². The predicted molar refractivity (Wildman–Crippen MR) is 207 cm³/mol. The van der Waals surface area contributed by atoms with Gasteiger partial charge in [-0.05, 0) is 72.0 Å². The fraction of sp³-hybridized carbons (Fsp3) is 0.447. The Morgan fingerprint density at radius 2 is 1.59 bits per heavy atom. The number of anilines is 4. The topological polar surface area (TPSA) is 145 Å². The van der Waals surface area contributed by atoms with Gasteiger partial charge in [-0.15, -0.1) is 0 Å². The van der Waals surface area contributed by atoms with Crippen molar-refractivity contribution in [3.05, 3.63) is 85.2 Å². The van der Waals surface area contributed by atoms with Gasteiger partial charge in [0, 0.05) is 25.3 Å². The van der Waals surface area contributed by atoms with E-state index in [4.69, 9.17) is 14.9 Å². The van der Waals surface area contributed by atoms with Crippen molar-refractivity contribution in [3.63, 3.8) is 0 Å². The number of ether oxygens (including phenoxy) is 1. The zero-order chi connectivity index (χ0) is 36.1. The minimum absolute atomic E-state index is 0.0871. The third-order valence-corrected chi connectivity index (χ3v) is 17.3. The largest absolute Gasteiger partial charge is 0.480 e. The molecule has 13 heteroatoms. The van der Waals surface area contributed by atoms with Crippen LogP contribution in [-0.4, -0.2) is 74.1 Å². The maximum absolute atomic E-state index is 14.0. The van der Waals surface area contributed by atoms with E-state index < -0.39 is 18.3 Å². The number of hydrogen-bond acceptors (Lipinski definition) is 10. The highest BCUT2D eigenvalue weighted by Gasteiger charge is 2.52. The summed E-state index contributed by atoms with van der Waals surface area (Å²) in [5, 5.41) is 8.87. The number of sulfonamides is 1. The molecule has 2 aromatic heterocycles. The smallest absolute Gasteiger partial charge is 0.261 e. The van der Waals surface area contributed by atoms with Crippen LogP contribution < -0.4 is 31.5 Å². The van der Waals surface area contributed by atoms with Crippen LogP contribution in [-0.2, 0) is 14.4 Å². The molecule has 6 rings (SSSR count). The fourth-order valence-electron chi connectivity index (χ4n) is 7.60. The Balaban J connectivity index is 1.08. The number of methoxy groups -OCH3 is 1. The Kier molecular flexibility index (Phi) is 11.3. The number of pyridine rings is 1. The monoisotopic (exact) mass is 729 g/mol. The van der Waals surface area contributed by atoms with Gasteiger partial charge in [-0.25, -0.2) is 18.4 Å². The van der Waals surface area contributed by atoms with Crippen LogP contribution in [0.15, 0.2) is 85.2 Å². The van der Waals surface area contributed by atoms with E-state index in [-0.39, 0.29) is 28.9 Å². The number of hydrogen-bond donors (Lipinski definition) is 3. The molecule has 2 aromatic carbocycles. The molecule has 1 saturated heterocycles. The van der Waals surface area contributed by atoms with Gasteiger partial charge in [0.05, 0.1) is 30.9 Å². The Hall–Kier alpha value is -4.04. The van der Waals surface area contributed by atoms with Crippen LogP contribution in [0.2, 0.25) is 5.04 Å². The number of aromatic nitrogens is 3. The first-order chi connectivity index (χ1) is 24.5. The number of benzene rings is 2. The first kappa shape index (κ1) is 36.7. The summed E-state index contributed by atoms with van der Waals surface area (Å²) in [5.41, 5.74) is 7.34. The second kappa shape index (κ2) is 15.7. The van der Waals surface area contributed by atoms with Crippen molar-refractivity contribution in [2.45, 2.75) is 76.5 Å². The number of piperidine rings is 1. The summed E-state index contributed by atoms with van der Waals surface area (Å²) < 4.78 is 42.3. The molecule has 1 aliphatic carbocycles. The molecule has 4 aromatic rings. The van der Waals surface area contributed by atoms with E-state index in [2.05, 4.69) is 94.9 Å². The summed E-state index contributed by atoms with van der Waals surface area (Å²) in [6.45, 7) is 7.70. The minimum atomic E-state index is -3.48. The highest BCUT2D eigenvalue weighted by Crippen LogP contribution is 2.39. The van der Waals surface area contributed by atoms with Gasteiger partial charge in [0.15, 0.2) is 5.82 Å². The van der Waals surface area contributed by atoms with Crippen LogP contribution in [0.3, 0.4) is 0 Å². The van der Waals surface area contributed by atoms with Crippen LogP contribution >= 0.6 is 0 Å². The lowest BCUT2D eigenvalue weighted by atomic mass is 9.87. The van der Waals surface area contributed by atoms with Gasteiger partial charge in [0.25, 0.3) is 8.32 Å². The summed E-state index contributed by atoms with van der Waals surface area (Å²) in [6, 6.07) is 24.9. The van der Waals surface area contributed by atoms with Crippen molar-refractivity contribution >= 4 is 51.9 Å². The standard InChI is InChI=1S/C38H51N7O4SSi/c1-38(2,3)51(31-14-7-5-8-15-31,32-16-9-6-10-17-32)49-30-13-12-24-45(26-30)50(46,47)27-28-19-21-29(22-20-28)42-35-33(39)25-41-37(44-35)43-34-18-11-23-40-36(34)48-4/h5-11,14-18,23,25,28-30H,12-13,19-22,24,26-27,39H2,1-4H3,(H2,41,42,43,44)/t28-,29-,30?. The first-order valence-electron chi connectivity index (χ1n) is 17.9. The van der Waals surface area contributed by atoms with E-state index in [0.717, 1.165) is 38.5 Å². The quantitative estimate of drug-likeness (QED) is 0.159. The zero-order valence-electron chi connectivity index (χ0n) is 30.1. The van der Waals surface area contributed by atoms with E-state index in [0.29, 0.717) is 42.1 Å². The summed E-state index contributed by atoms with van der Waals surface area (Å²) in [4.78, 5) is 13.1. The van der Waals surface area contributed by atoms with E-state index in [9.17, 15) is 8.42 Å². The summed E-state index contributed by atoms with van der Waals surface area (Å²) in [7, 11) is -4.72. The number of rotatable bonds is 12. The molecule has 0 radical (unpaired) electrons. The van der Waals surface area contributed by atoms with Crippen LogP contribution in [0.25, 0.3) is 0 Å². The number of nitrogens with one attached hydrogen (secondary N) is 2. The Morgan fingerprint density at radius 3 is 2.22 bits per heavy atom. The van der Waals surface area contributed by atoms with Gasteiger partial charge in [0.2, 0.25) is 21.9 Å². The highest BCUT2D eigenvalue weighted by atomic mass is 32.2. The van der Waals surface area contributed by atoms with Gasteiger partial charge in [-0.2, -0.15) is 9.29 Å². The van der Waals surface area contributed by atoms with E-state index >= 15 is 0 Å². The summed E-state index contributed by atoms with van der Waals surface area (Å²) in [5.74, 6) is 1.60. The molecule has 2 fully saturated rings. The van der Waals surface area contributed by atoms with Gasteiger partial charge < -0.3 is 25.5 Å². The SMILES string of the molecule is COc1ncccc1Nc1ncc(N)c(N[C@H]2CC[C@H](CS(=O)(=O)N3CCCC(O[Si](c4ccccc4)(c4ccccc4)C(C)(C)C)C3)CC2)n1. The van der Waals surface area contributed by atoms with E-state index in [1.807, 2.05) is 18.2 Å². The first-order valence-corrected chi connectivity index (χ1v) is 21.4. The molecule has 0 spiro atoms. The molecule has 0 amide bonds. The molecule has 51 heavy (non-hydrogen) atoms. The van der Waals surface area contributed by atoms with Crippen molar-refractivity contribution in [1.82, 2.24) is 19.3 Å². The molecule has 1 unspecified atom stereocenters. The van der Waals surface area contributed by atoms with Gasteiger partial charge in [0.1, 0.15) is 5.69 Å². The number of nitrogens with two attached hydrogens (primary N) is 1. The lowest BCUT2D eigenvalue weighted by Crippen LogP contribution is -2.68. The predicted octanol–water partition coefficient (Wildman–Crippen LogP) is 5.55. The Morgan fingerprint density at radius 1 is 0.922 bits per heavy atom. The van der Waals surface area contributed by atoms with E-state index in [1.165, 1.54) is 10.4 Å². The van der Waals surface area contributed by atoms with Crippen molar-refractivity contribution in [1.29, 1.82) is 0 Å². The summed E-state index contributed by atoms with van der Waals surface area (Å²) >= 11 is 0. The van der Waals surface area contributed by atoms with Gasteiger partial charge >= 0.3 is 0 Å². The van der Waals surface area contributed by atoms with Crippen molar-refractivity contribution in [2.24, 2.45) is 5.92 Å². The van der Waals surface area contributed by atoms with Crippen molar-refractivity contribution in [2.75, 3.05) is 42.3 Å². The molecule has 1 aliphatic heterocycles. The molecule has 272 valence electrons. The lowest BCUT2D eigenvalue weighted by molar-refractivity contribution is 0.119. The molecule has 0 bridgehead atoms. The third-order valence-electron chi connectivity index (χ3n) is 10.2.